The van der Waals surface area contributed by atoms with Gasteiger partial charge in [-0.05, 0) is 30.2 Å². The number of aromatic nitrogens is 1. The summed E-state index contributed by atoms with van der Waals surface area (Å²) in [4.78, 5) is 4.21. The average Bonchev–Trinajstić information content (AvgIpc) is 2.94. The average molecular weight is 413 g/mol. The molecule has 1 aromatic carbocycles. The van der Waals surface area contributed by atoms with Gasteiger partial charge in [-0.3, -0.25) is 4.99 Å². The Morgan fingerprint density at radius 2 is 1.93 bits per heavy atom. The fourth-order valence-corrected chi connectivity index (χ4v) is 2.86. The summed E-state index contributed by atoms with van der Waals surface area (Å²) in [5, 5.41) is 7.59. The zero-order valence-corrected chi connectivity index (χ0v) is 17.4. The second-order valence-corrected chi connectivity index (χ2v) is 6.71. The van der Waals surface area contributed by atoms with Crippen molar-refractivity contribution in [3.8, 4) is 5.75 Å². The lowest BCUT2D eigenvalue weighted by Gasteiger charge is -2.12. The molecule has 0 radical (unpaired) electrons. The molecule has 8 heteroatoms. The summed E-state index contributed by atoms with van der Waals surface area (Å²) < 4.78 is 12.7. The van der Waals surface area contributed by atoms with Crippen LogP contribution in [0.4, 0.5) is 0 Å². The quantitative estimate of drug-likeness (QED) is 0.375. The Morgan fingerprint density at radius 3 is 2.52 bits per heavy atom. The summed E-state index contributed by atoms with van der Waals surface area (Å²) >= 11 is 12.1. The number of hydrogen-bond donors (Lipinski definition) is 2. The molecule has 2 rings (SSSR count). The van der Waals surface area contributed by atoms with Gasteiger partial charge in [0.15, 0.2) is 5.96 Å². The van der Waals surface area contributed by atoms with E-state index in [9.17, 15) is 0 Å². The van der Waals surface area contributed by atoms with Gasteiger partial charge >= 0.3 is 0 Å². The Balaban J connectivity index is 1.62. The van der Waals surface area contributed by atoms with E-state index in [1.165, 1.54) is 0 Å². The van der Waals surface area contributed by atoms with Crippen LogP contribution < -0.4 is 15.4 Å². The van der Waals surface area contributed by atoms with Crippen molar-refractivity contribution in [2.45, 2.75) is 19.6 Å². The van der Waals surface area contributed by atoms with Gasteiger partial charge in [-0.1, -0.05) is 35.3 Å². The molecule has 1 aromatic heterocycles. The van der Waals surface area contributed by atoms with Crippen LogP contribution in [0.25, 0.3) is 0 Å². The van der Waals surface area contributed by atoms with Crippen LogP contribution in [-0.4, -0.2) is 37.8 Å². The van der Waals surface area contributed by atoms with Crippen molar-refractivity contribution >= 4 is 29.2 Å². The minimum atomic E-state index is 0.533. The predicted molar refractivity (Wildman–Crippen MR) is 111 cm³/mol. The van der Waals surface area contributed by atoms with Crippen molar-refractivity contribution < 1.29 is 9.47 Å². The Bertz CT molecular complexity index is 745. The Kier molecular flexibility index (Phi) is 8.78. The number of guanidine groups is 1. The van der Waals surface area contributed by atoms with E-state index in [0.29, 0.717) is 29.9 Å². The fourth-order valence-electron chi connectivity index (χ4n) is 2.45. The largest absolute Gasteiger partial charge is 0.497 e. The van der Waals surface area contributed by atoms with Crippen LogP contribution in [0, 0.1) is 0 Å². The first-order valence-corrected chi connectivity index (χ1v) is 9.45. The van der Waals surface area contributed by atoms with E-state index in [1.807, 2.05) is 41.9 Å². The second kappa shape index (κ2) is 11.1. The Labute approximate surface area is 170 Å². The smallest absolute Gasteiger partial charge is 0.191 e. The van der Waals surface area contributed by atoms with Crippen molar-refractivity contribution in [3.63, 3.8) is 0 Å². The molecule has 0 amide bonds. The summed E-state index contributed by atoms with van der Waals surface area (Å²) in [5.41, 5.74) is 2.11. The molecule has 2 N–H and O–H groups in total. The second-order valence-electron chi connectivity index (χ2n) is 5.94. The Morgan fingerprint density at radius 1 is 1.19 bits per heavy atom. The highest BCUT2D eigenvalue weighted by Crippen LogP contribution is 2.24. The molecule has 0 saturated carbocycles. The standard InChI is InChI=1S/C19H26Cl2N4O2/c1-22-19(24-12-15-11-17(20)18(21)25(15)2)23-9-4-10-27-13-14-5-7-16(26-3)8-6-14/h5-8,11H,4,9-10,12-13H2,1-3H3,(H2,22,23,24). The molecular formula is C19H26Cl2N4O2. The number of benzene rings is 1. The maximum absolute atomic E-state index is 6.08. The lowest BCUT2D eigenvalue weighted by molar-refractivity contribution is 0.119. The molecule has 0 unspecified atom stereocenters. The third kappa shape index (κ3) is 6.65. The monoisotopic (exact) mass is 412 g/mol. The molecule has 0 aliphatic heterocycles. The number of ether oxygens (including phenoxy) is 2. The van der Waals surface area contributed by atoms with E-state index < -0.39 is 0 Å². The van der Waals surface area contributed by atoms with Crippen molar-refractivity contribution in [2.75, 3.05) is 27.3 Å². The molecule has 0 atom stereocenters. The lowest BCUT2D eigenvalue weighted by Crippen LogP contribution is -2.37. The summed E-state index contributed by atoms with van der Waals surface area (Å²) in [5.74, 6) is 1.57. The summed E-state index contributed by atoms with van der Waals surface area (Å²) in [7, 11) is 5.27. The van der Waals surface area contributed by atoms with Crippen LogP contribution in [-0.2, 0) is 24.9 Å². The van der Waals surface area contributed by atoms with E-state index in [4.69, 9.17) is 32.7 Å². The van der Waals surface area contributed by atoms with Gasteiger partial charge in [-0.2, -0.15) is 0 Å². The molecule has 0 saturated heterocycles. The van der Waals surface area contributed by atoms with E-state index in [-0.39, 0.29) is 0 Å². The van der Waals surface area contributed by atoms with Gasteiger partial charge in [-0.15, -0.1) is 0 Å². The van der Waals surface area contributed by atoms with Gasteiger partial charge in [0.25, 0.3) is 0 Å². The fraction of sp³-hybridized carbons (Fsp3) is 0.421. The van der Waals surface area contributed by atoms with E-state index in [1.54, 1.807) is 14.2 Å². The number of halogens is 2. The van der Waals surface area contributed by atoms with Crippen molar-refractivity contribution in [2.24, 2.45) is 12.0 Å². The molecule has 0 aliphatic rings. The number of nitrogens with zero attached hydrogens (tertiary/aromatic N) is 2. The van der Waals surface area contributed by atoms with Gasteiger partial charge < -0.3 is 24.7 Å². The van der Waals surface area contributed by atoms with Gasteiger partial charge in [-0.25, -0.2) is 0 Å². The highest BCUT2D eigenvalue weighted by Gasteiger charge is 2.09. The van der Waals surface area contributed by atoms with E-state index in [0.717, 1.165) is 35.9 Å². The predicted octanol–water partition coefficient (Wildman–Crippen LogP) is 3.61. The third-order valence-electron chi connectivity index (χ3n) is 4.06. The van der Waals surface area contributed by atoms with E-state index >= 15 is 0 Å². The molecule has 1 heterocycles. The number of rotatable bonds is 9. The van der Waals surface area contributed by atoms with Crippen molar-refractivity contribution in [3.05, 3.63) is 51.8 Å². The number of nitrogens with one attached hydrogen (secondary N) is 2. The van der Waals surface area contributed by atoms with Crippen LogP contribution in [0.2, 0.25) is 10.2 Å². The summed E-state index contributed by atoms with van der Waals surface area (Å²) in [6, 6.07) is 9.72. The first kappa shape index (κ1) is 21.4. The van der Waals surface area contributed by atoms with Gasteiger partial charge in [0.05, 0.1) is 25.3 Å². The van der Waals surface area contributed by atoms with Crippen LogP contribution in [0.1, 0.15) is 17.7 Å². The maximum Gasteiger partial charge on any atom is 0.191 e. The van der Waals surface area contributed by atoms with Gasteiger partial charge in [0, 0.05) is 32.9 Å². The van der Waals surface area contributed by atoms with Crippen molar-refractivity contribution in [1.29, 1.82) is 0 Å². The molecule has 27 heavy (non-hydrogen) atoms. The summed E-state index contributed by atoms with van der Waals surface area (Å²) in [6.45, 7) is 2.60. The first-order valence-electron chi connectivity index (χ1n) is 8.70. The van der Waals surface area contributed by atoms with E-state index in [2.05, 4.69) is 15.6 Å². The van der Waals surface area contributed by atoms with Crippen LogP contribution in [0.3, 0.4) is 0 Å². The van der Waals surface area contributed by atoms with Gasteiger partial charge in [0.2, 0.25) is 0 Å². The van der Waals surface area contributed by atoms with Crippen LogP contribution >= 0.6 is 23.2 Å². The number of methoxy groups -OCH3 is 1. The molecule has 0 spiro atoms. The highest BCUT2D eigenvalue weighted by molar-refractivity contribution is 6.41. The van der Waals surface area contributed by atoms with Gasteiger partial charge in [0.1, 0.15) is 10.9 Å². The molecule has 0 fully saturated rings. The zero-order valence-electron chi connectivity index (χ0n) is 15.9. The van der Waals surface area contributed by atoms with Crippen molar-refractivity contribution in [1.82, 2.24) is 15.2 Å². The topological polar surface area (TPSA) is 59.8 Å². The minimum Gasteiger partial charge on any atom is -0.497 e. The SMILES string of the molecule is CN=C(NCCCOCc1ccc(OC)cc1)NCc1cc(Cl)c(Cl)n1C. The Hall–Kier alpha value is -1.89. The molecule has 6 nitrogen and oxygen atoms in total. The first-order chi connectivity index (χ1) is 13.0. The molecule has 0 aliphatic carbocycles. The zero-order chi connectivity index (χ0) is 19.6. The molecule has 0 bridgehead atoms. The summed E-state index contributed by atoms with van der Waals surface area (Å²) in [6.07, 6.45) is 0.874. The van der Waals surface area contributed by atoms with Crippen LogP contribution in [0.15, 0.2) is 35.3 Å². The number of hydrogen-bond acceptors (Lipinski definition) is 3. The molecular weight excluding hydrogens is 387 g/mol. The number of aliphatic imine (C=N–C) groups is 1. The molecule has 2 aromatic rings. The lowest BCUT2D eigenvalue weighted by atomic mass is 10.2. The third-order valence-corrected chi connectivity index (χ3v) is 4.90. The maximum atomic E-state index is 6.08. The van der Waals surface area contributed by atoms with Crippen LogP contribution in [0.5, 0.6) is 5.75 Å². The molecule has 148 valence electrons. The normalized spacial score (nSPS) is 11.5. The minimum absolute atomic E-state index is 0.533. The highest BCUT2D eigenvalue weighted by atomic mass is 35.5.